The number of rotatable bonds is 7. The van der Waals surface area contributed by atoms with Crippen molar-refractivity contribution in [2.24, 2.45) is 11.8 Å². The topological polar surface area (TPSA) is 15.3 Å². The molecule has 2 atom stereocenters. The minimum Gasteiger partial charge on any atom is -0.316 e. The molecule has 0 aromatic heterocycles. The average Bonchev–Trinajstić information content (AvgIpc) is 2.29. The number of nitrogens with zero attached hydrogens (tertiary/aromatic N) is 1. The first-order valence-electron chi connectivity index (χ1n) is 7.58. The second-order valence-corrected chi connectivity index (χ2v) is 6.19. The fraction of sp³-hybridized carbons (Fsp3) is 1.00. The summed E-state index contributed by atoms with van der Waals surface area (Å²) in [6, 6.07) is 0.747. The summed E-state index contributed by atoms with van der Waals surface area (Å²) in [5.74, 6) is 1.69. The van der Waals surface area contributed by atoms with Crippen molar-refractivity contribution in [2.45, 2.75) is 59.4 Å². The lowest BCUT2D eigenvalue weighted by Crippen LogP contribution is -2.42. The Morgan fingerprint density at radius 3 is 2.59 bits per heavy atom. The quantitative estimate of drug-likeness (QED) is 0.735. The van der Waals surface area contributed by atoms with Crippen LogP contribution in [0.15, 0.2) is 0 Å². The second kappa shape index (κ2) is 8.10. The zero-order chi connectivity index (χ0) is 12.7. The van der Waals surface area contributed by atoms with E-state index in [0.29, 0.717) is 0 Å². The minimum atomic E-state index is 0.747. The Bertz CT molecular complexity index is 185. The zero-order valence-corrected chi connectivity index (χ0v) is 12.3. The van der Waals surface area contributed by atoms with Crippen molar-refractivity contribution in [1.82, 2.24) is 10.2 Å². The Kier molecular flexibility index (Phi) is 7.14. The van der Waals surface area contributed by atoms with Gasteiger partial charge in [0.25, 0.3) is 0 Å². The van der Waals surface area contributed by atoms with Gasteiger partial charge in [-0.25, -0.2) is 0 Å². The van der Waals surface area contributed by atoms with E-state index in [-0.39, 0.29) is 0 Å². The van der Waals surface area contributed by atoms with Gasteiger partial charge in [-0.1, -0.05) is 20.8 Å². The first-order chi connectivity index (χ1) is 8.13. The molecule has 1 aliphatic rings. The Morgan fingerprint density at radius 1 is 1.29 bits per heavy atom. The van der Waals surface area contributed by atoms with Crippen LogP contribution in [-0.4, -0.2) is 37.1 Å². The summed E-state index contributed by atoms with van der Waals surface area (Å²) < 4.78 is 0. The van der Waals surface area contributed by atoms with Gasteiger partial charge in [0.05, 0.1) is 0 Å². The number of piperidine rings is 1. The van der Waals surface area contributed by atoms with Gasteiger partial charge in [-0.15, -0.1) is 0 Å². The van der Waals surface area contributed by atoms with Gasteiger partial charge in [-0.2, -0.15) is 0 Å². The predicted molar refractivity (Wildman–Crippen MR) is 76.4 cm³/mol. The van der Waals surface area contributed by atoms with Gasteiger partial charge in [-0.3, -0.25) is 0 Å². The number of hydrogen-bond acceptors (Lipinski definition) is 2. The maximum absolute atomic E-state index is 3.54. The lowest BCUT2D eigenvalue weighted by molar-refractivity contribution is 0.147. The molecule has 1 aliphatic heterocycles. The summed E-state index contributed by atoms with van der Waals surface area (Å²) in [5, 5.41) is 3.54. The Balaban J connectivity index is 2.40. The lowest BCUT2D eigenvalue weighted by Gasteiger charge is -2.34. The van der Waals surface area contributed by atoms with Crippen molar-refractivity contribution in [1.29, 1.82) is 0 Å². The van der Waals surface area contributed by atoms with Crippen LogP contribution in [0.4, 0.5) is 0 Å². The van der Waals surface area contributed by atoms with E-state index >= 15 is 0 Å². The van der Waals surface area contributed by atoms with Crippen molar-refractivity contribution in [2.75, 3.05) is 26.2 Å². The highest BCUT2D eigenvalue weighted by Crippen LogP contribution is 2.17. The van der Waals surface area contributed by atoms with Gasteiger partial charge in [0.15, 0.2) is 0 Å². The van der Waals surface area contributed by atoms with Crippen molar-refractivity contribution in [3.05, 3.63) is 0 Å². The molecule has 0 aromatic carbocycles. The van der Waals surface area contributed by atoms with Crippen LogP contribution in [0.5, 0.6) is 0 Å². The van der Waals surface area contributed by atoms with E-state index in [0.717, 1.165) is 17.9 Å². The van der Waals surface area contributed by atoms with Crippen molar-refractivity contribution >= 4 is 0 Å². The first kappa shape index (κ1) is 15.0. The molecule has 1 rings (SSSR count). The molecule has 0 bridgehead atoms. The summed E-state index contributed by atoms with van der Waals surface area (Å²) in [5.41, 5.74) is 0. The molecule has 0 radical (unpaired) electrons. The highest BCUT2D eigenvalue weighted by Gasteiger charge is 2.20. The summed E-state index contributed by atoms with van der Waals surface area (Å²) in [7, 11) is 0. The molecule has 2 heteroatoms. The Hall–Kier alpha value is -0.0800. The second-order valence-electron chi connectivity index (χ2n) is 6.19. The molecule has 0 saturated carbocycles. The van der Waals surface area contributed by atoms with Gasteiger partial charge >= 0.3 is 0 Å². The van der Waals surface area contributed by atoms with Crippen LogP contribution >= 0.6 is 0 Å². The molecular weight excluding hydrogens is 208 g/mol. The summed E-state index contributed by atoms with van der Waals surface area (Å²) in [6.07, 6.45) is 5.40. The van der Waals surface area contributed by atoms with Gasteiger partial charge < -0.3 is 10.2 Å². The van der Waals surface area contributed by atoms with Crippen LogP contribution in [0.3, 0.4) is 0 Å². The van der Waals surface area contributed by atoms with E-state index in [1.54, 1.807) is 0 Å². The monoisotopic (exact) mass is 240 g/mol. The van der Waals surface area contributed by atoms with Crippen LogP contribution < -0.4 is 5.32 Å². The third kappa shape index (κ3) is 5.87. The van der Waals surface area contributed by atoms with Gasteiger partial charge in [0.1, 0.15) is 0 Å². The van der Waals surface area contributed by atoms with Gasteiger partial charge in [0.2, 0.25) is 0 Å². The normalized spacial score (nSPS) is 23.3. The van der Waals surface area contributed by atoms with E-state index in [4.69, 9.17) is 0 Å². The van der Waals surface area contributed by atoms with Crippen molar-refractivity contribution in [3.8, 4) is 0 Å². The Labute approximate surface area is 108 Å². The Morgan fingerprint density at radius 2 is 2.06 bits per heavy atom. The molecule has 1 heterocycles. The molecule has 0 aromatic rings. The van der Waals surface area contributed by atoms with Crippen LogP contribution in [0.2, 0.25) is 0 Å². The minimum absolute atomic E-state index is 0.747. The SMILES string of the molecule is CCCN(CC1CCCNC1)C(C)CC(C)C. The van der Waals surface area contributed by atoms with Crippen molar-refractivity contribution < 1.29 is 0 Å². The van der Waals surface area contributed by atoms with E-state index < -0.39 is 0 Å². The lowest BCUT2D eigenvalue weighted by atomic mass is 9.97. The highest BCUT2D eigenvalue weighted by molar-refractivity contribution is 4.76. The van der Waals surface area contributed by atoms with E-state index in [9.17, 15) is 0 Å². The molecule has 2 nitrogen and oxygen atoms in total. The average molecular weight is 240 g/mol. The molecular formula is C15H32N2. The molecule has 1 saturated heterocycles. The van der Waals surface area contributed by atoms with Crippen LogP contribution in [0, 0.1) is 11.8 Å². The maximum atomic E-state index is 3.54. The summed E-state index contributed by atoms with van der Waals surface area (Å²) >= 11 is 0. The van der Waals surface area contributed by atoms with Crippen LogP contribution in [0.25, 0.3) is 0 Å². The van der Waals surface area contributed by atoms with Gasteiger partial charge in [-0.05, 0) is 64.1 Å². The van der Waals surface area contributed by atoms with Crippen LogP contribution in [0.1, 0.15) is 53.4 Å². The number of nitrogens with one attached hydrogen (secondary N) is 1. The molecule has 1 fully saturated rings. The van der Waals surface area contributed by atoms with E-state index in [2.05, 4.69) is 37.9 Å². The van der Waals surface area contributed by atoms with E-state index in [1.807, 2.05) is 0 Å². The molecule has 0 spiro atoms. The zero-order valence-electron chi connectivity index (χ0n) is 12.3. The number of hydrogen-bond donors (Lipinski definition) is 1. The van der Waals surface area contributed by atoms with Crippen LogP contribution in [-0.2, 0) is 0 Å². The molecule has 0 amide bonds. The fourth-order valence-electron chi connectivity index (χ4n) is 3.02. The predicted octanol–water partition coefficient (Wildman–Crippen LogP) is 3.13. The summed E-state index contributed by atoms with van der Waals surface area (Å²) in [6.45, 7) is 14.4. The van der Waals surface area contributed by atoms with Crippen molar-refractivity contribution in [3.63, 3.8) is 0 Å². The third-order valence-corrected chi connectivity index (χ3v) is 3.84. The standard InChI is InChI=1S/C15H32N2/c1-5-9-17(14(4)10-13(2)3)12-15-7-6-8-16-11-15/h13-16H,5-12H2,1-4H3. The van der Waals surface area contributed by atoms with Gasteiger partial charge in [0, 0.05) is 12.6 Å². The molecule has 102 valence electrons. The summed E-state index contributed by atoms with van der Waals surface area (Å²) in [4.78, 5) is 2.72. The van der Waals surface area contributed by atoms with E-state index in [1.165, 1.54) is 51.9 Å². The highest BCUT2D eigenvalue weighted by atomic mass is 15.2. The molecule has 2 unspecified atom stereocenters. The maximum Gasteiger partial charge on any atom is 0.00694 e. The largest absolute Gasteiger partial charge is 0.316 e. The third-order valence-electron chi connectivity index (χ3n) is 3.84. The smallest absolute Gasteiger partial charge is 0.00694 e. The molecule has 17 heavy (non-hydrogen) atoms. The fourth-order valence-corrected chi connectivity index (χ4v) is 3.02. The first-order valence-corrected chi connectivity index (χ1v) is 7.58. The molecule has 0 aliphatic carbocycles. The molecule has 1 N–H and O–H groups in total.